The van der Waals surface area contributed by atoms with E-state index >= 15 is 0 Å². The molecule has 0 fully saturated rings. The number of hydrogen-bond donors (Lipinski definition) is 2. The summed E-state index contributed by atoms with van der Waals surface area (Å²) in [6.07, 6.45) is -1.39. The molecular formula is C17H14O5. The summed E-state index contributed by atoms with van der Waals surface area (Å²) in [5, 5.41) is 17.7. The number of carboxylic acid groups (broad SMARTS) is 1. The van der Waals surface area contributed by atoms with Crippen LogP contribution in [-0.2, 0) is 27.4 Å². The van der Waals surface area contributed by atoms with Crippen molar-refractivity contribution in [1.29, 1.82) is 0 Å². The first-order chi connectivity index (χ1) is 10.6. The number of benzene rings is 2. The van der Waals surface area contributed by atoms with Crippen molar-refractivity contribution in [2.45, 2.75) is 19.1 Å². The smallest absolute Gasteiger partial charge is 0.347 e. The molecule has 0 amide bonds. The Balaban J connectivity index is 1.81. The van der Waals surface area contributed by atoms with Crippen LogP contribution in [0.5, 0.6) is 0 Å². The molecule has 0 aliphatic heterocycles. The van der Waals surface area contributed by atoms with Gasteiger partial charge in [-0.3, -0.25) is 0 Å². The molecule has 2 aromatic carbocycles. The number of carbonyl (C=O) groups is 2. The number of esters is 1. The average molecular weight is 298 g/mol. The Labute approximate surface area is 126 Å². The summed E-state index contributed by atoms with van der Waals surface area (Å²) in [5.41, 5.74) is 5.36. The molecule has 1 unspecified atom stereocenters. The number of aliphatic hydroxyl groups is 1. The predicted molar refractivity (Wildman–Crippen MR) is 78.1 cm³/mol. The van der Waals surface area contributed by atoms with Crippen LogP contribution in [0, 0.1) is 0 Å². The van der Waals surface area contributed by atoms with Gasteiger partial charge in [0.05, 0.1) is 0 Å². The molecule has 5 heteroatoms. The van der Waals surface area contributed by atoms with Gasteiger partial charge in [-0.1, -0.05) is 42.5 Å². The summed E-state index contributed by atoms with van der Waals surface area (Å²) >= 11 is 0. The SMILES string of the molecule is O=C(O)C(O)C(=O)OCc1cccc2c1Cc1ccccc1-2. The van der Waals surface area contributed by atoms with Crippen LogP contribution in [0.3, 0.4) is 0 Å². The second kappa shape index (κ2) is 5.61. The van der Waals surface area contributed by atoms with Crippen molar-refractivity contribution < 1.29 is 24.5 Å². The third-order valence-corrected chi connectivity index (χ3v) is 3.77. The number of aliphatic carboxylic acids is 1. The van der Waals surface area contributed by atoms with Crippen molar-refractivity contribution in [2.75, 3.05) is 0 Å². The van der Waals surface area contributed by atoms with E-state index in [0.29, 0.717) is 0 Å². The first-order valence-corrected chi connectivity index (χ1v) is 6.84. The van der Waals surface area contributed by atoms with Gasteiger partial charge in [0.25, 0.3) is 0 Å². The second-order valence-corrected chi connectivity index (χ2v) is 5.13. The molecule has 1 aliphatic rings. The minimum atomic E-state index is -2.14. The van der Waals surface area contributed by atoms with Crippen molar-refractivity contribution in [1.82, 2.24) is 0 Å². The van der Waals surface area contributed by atoms with E-state index in [1.54, 1.807) is 0 Å². The molecule has 112 valence electrons. The van der Waals surface area contributed by atoms with Gasteiger partial charge >= 0.3 is 11.9 Å². The summed E-state index contributed by atoms with van der Waals surface area (Å²) in [5.74, 6) is -2.77. The quantitative estimate of drug-likeness (QED) is 0.566. The third-order valence-electron chi connectivity index (χ3n) is 3.77. The fourth-order valence-electron chi connectivity index (χ4n) is 2.69. The van der Waals surface area contributed by atoms with Gasteiger partial charge in [-0.2, -0.15) is 0 Å². The van der Waals surface area contributed by atoms with E-state index in [1.165, 1.54) is 5.56 Å². The minimum Gasteiger partial charge on any atom is -0.479 e. The van der Waals surface area contributed by atoms with E-state index in [1.807, 2.05) is 36.4 Å². The van der Waals surface area contributed by atoms with E-state index in [4.69, 9.17) is 14.9 Å². The zero-order valence-corrected chi connectivity index (χ0v) is 11.7. The molecular weight excluding hydrogens is 284 g/mol. The highest BCUT2D eigenvalue weighted by atomic mass is 16.6. The van der Waals surface area contributed by atoms with Gasteiger partial charge in [-0.15, -0.1) is 0 Å². The number of hydrogen-bond acceptors (Lipinski definition) is 4. The average Bonchev–Trinajstić information content (AvgIpc) is 2.91. The number of fused-ring (bicyclic) bond motifs is 3. The Hall–Kier alpha value is -2.66. The van der Waals surface area contributed by atoms with Gasteiger partial charge < -0.3 is 14.9 Å². The van der Waals surface area contributed by atoms with Crippen molar-refractivity contribution in [3.63, 3.8) is 0 Å². The molecule has 1 atom stereocenters. The van der Waals surface area contributed by atoms with Gasteiger partial charge in [0.2, 0.25) is 6.10 Å². The third kappa shape index (κ3) is 2.46. The highest BCUT2D eigenvalue weighted by molar-refractivity contribution is 5.96. The highest BCUT2D eigenvalue weighted by Crippen LogP contribution is 2.38. The van der Waals surface area contributed by atoms with Crippen LogP contribution in [0.25, 0.3) is 11.1 Å². The number of aliphatic hydroxyl groups excluding tert-OH is 1. The van der Waals surface area contributed by atoms with Crippen LogP contribution in [0.4, 0.5) is 0 Å². The first kappa shape index (κ1) is 14.3. The molecule has 2 N–H and O–H groups in total. The minimum absolute atomic E-state index is 0.0552. The Morgan fingerprint density at radius 3 is 2.59 bits per heavy atom. The number of ether oxygens (including phenoxy) is 1. The van der Waals surface area contributed by atoms with Crippen LogP contribution in [0.15, 0.2) is 42.5 Å². The molecule has 0 heterocycles. The van der Waals surface area contributed by atoms with Gasteiger partial charge in [0.15, 0.2) is 0 Å². The van der Waals surface area contributed by atoms with Crippen molar-refractivity contribution in [3.05, 3.63) is 59.2 Å². The second-order valence-electron chi connectivity index (χ2n) is 5.13. The normalized spacial score (nSPS) is 13.1. The Bertz CT molecular complexity index is 750. The van der Waals surface area contributed by atoms with E-state index < -0.39 is 18.0 Å². The molecule has 0 aromatic heterocycles. The van der Waals surface area contributed by atoms with Gasteiger partial charge in [-0.25, -0.2) is 9.59 Å². The fraction of sp³-hybridized carbons (Fsp3) is 0.176. The number of rotatable bonds is 4. The van der Waals surface area contributed by atoms with E-state index in [2.05, 4.69) is 6.07 Å². The number of carboxylic acids is 1. The lowest BCUT2D eigenvalue weighted by molar-refractivity contribution is -0.166. The standard InChI is InChI=1S/C17H14O5/c18-15(16(19)20)17(21)22-9-11-5-3-7-13-12-6-2-1-4-10(12)8-14(11)13/h1-7,15,18H,8-9H2,(H,19,20). The fourth-order valence-corrected chi connectivity index (χ4v) is 2.69. The van der Waals surface area contributed by atoms with E-state index in [-0.39, 0.29) is 6.61 Å². The molecule has 0 bridgehead atoms. The zero-order valence-electron chi connectivity index (χ0n) is 11.7. The maximum atomic E-state index is 11.4. The number of carbonyl (C=O) groups excluding carboxylic acids is 1. The lowest BCUT2D eigenvalue weighted by Crippen LogP contribution is -2.31. The van der Waals surface area contributed by atoms with Crippen LogP contribution in [-0.4, -0.2) is 28.3 Å². The predicted octanol–water partition coefficient (Wildman–Crippen LogP) is 1.75. The van der Waals surface area contributed by atoms with Crippen LogP contribution in [0.1, 0.15) is 16.7 Å². The molecule has 0 saturated heterocycles. The Kier molecular flexibility index (Phi) is 3.65. The summed E-state index contributed by atoms with van der Waals surface area (Å²) in [7, 11) is 0. The highest BCUT2D eigenvalue weighted by Gasteiger charge is 2.26. The summed E-state index contributed by atoms with van der Waals surface area (Å²) in [6.45, 7) is -0.0552. The molecule has 5 nitrogen and oxygen atoms in total. The van der Waals surface area contributed by atoms with Gasteiger partial charge in [0.1, 0.15) is 6.61 Å². The summed E-state index contributed by atoms with van der Waals surface area (Å²) in [6, 6.07) is 13.8. The maximum absolute atomic E-state index is 11.4. The van der Waals surface area contributed by atoms with E-state index in [9.17, 15) is 9.59 Å². The van der Waals surface area contributed by atoms with Crippen LogP contribution in [0.2, 0.25) is 0 Å². The van der Waals surface area contributed by atoms with Gasteiger partial charge in [0, 0.05) is 0 Å². The monoisotopic (exact) mass is 298 g/mol. The van der Waals surface area contributed by atoms with Crippen LogP contribution < -0.4 is 0 Å². The topological polar surface area (TPSA) is 83.8 Å². The zero-order chi connectivity index (χ0) is 15.7. The molecule has 0 radical (unpaired) electrons. The largest absolute Gasteiger partial charge is 0.479 e. The van der Waals surface area contributed by atoms with Crippen molar-refractivity contribution >= 4 is 11.9 Å². The lowest BCUT2D eigenvalue weighted by Gasteiger charge is -2.10. The van der Waals surface area contributed by atoms with Crippen molar-refractivity contribution in [2.24, 2.45) is 0 Å². The Morgan fingerprint density at radius 2 is 1.82 bits per heavy atom. The Morgan fingerprint density at radius 1 is 1.09 bits per heavy atom. The molecule has 1 aliphatic carbocycles. The van der Waals surface area contributed by atoms with Crippen LogP contribution >= 0.6 is 0 Å². The van der Waals surface area contributed by atoms with Crippen molar-refractivity contribution in [3.8, 4) is 11.1 Å². The molecule has 0 spiro atoms. The first-order valence-electron chi connectivity index (χ1n) is 6.84. The molecule has 3 rings (SSSR count). The molecule has 0 saturated carbocycles. The summed E-state index contributed by atoms with van der Waals surface area (Å²) in [4.78, 5) is 22.0. The maximum Gasteiger partial charge on any atom is 0.347 e. The van der Waals surface area contributed by atoms with E-state index in [0.717, 1.165) is 28.7 Å². The summed E-state index contributed by atoms with van der Waals surface area (Å²) < 4.78 is 4.91. The molecule has 22 heavy (non-hydrogen) atoms. The molecule has 2 aromatic rings. The lowest BCUT2D eigenvalue weighted by atomic mass is 10.0. The van der Waals surface area contributed by atoms with Gasteiger partial charge in [-0.05, 0) is 34.2 Å².